The second-order valence-electron chi connectivity index (χ2n) is 16.9. The molecular formula is C44H59Br2ClF2N14O10S2. The molecule has 2 aliphatic rings. The summed E-state index contributed by atoms with van der Waals surface area (Å²) in [4.78, 5) is 28.2. The van der Waals surface area contributed by atoms with Crippen LogP contribution in [0.4, 0.5) is 14.6 Å². The van der Waals surface area contributed by atoms with Crippen LogP contribution in [0, 0.1) is 23.5 Å². The molecule has 0 atom stereocenters. The van der Waals surface area contributed by atoms with Crippen LogP contribution < -0.4 is 34.0 Å². The summed E-state index contributed by atoms with van der Waals surface area (Å²) in [5.74, 6) is -1.56. The van der Waals surface area contributed by atoms with E-state index in [2.05, 4.69) is 77.5 Å². The van der Waals surface area contributed by atoms with E-state index in [1.165, 1.54) is 42.8 Å². The van der Waals surface area contributed by atoms with Gasteiger partial charge in [-0.15, -0.1) is 0 Å². The lowest BCUT2D eigenvalue weighted by Gasteiger charge is -2.20. The van der Waals surface area contributed by atoms with Crippen LogP contribution in [0.1, 0.15) is 104 Å². The number of guanidine groups is 1. The summed E-state index contributed by atoms with van der Waals surface area (Å²) in [7, 11) is -1.72. The van der Waals surface area contributed by atoms with E-state index >= 15 is 0 Å². The number of hydrogen-bond acceptors (Lipinski definition) is 18. The lowest BCUT2D eigenvalue weighted by molar-refractivity contribution is 0.304. The molecule has 6 aromatic rings. The van der Waals surface area contributed by atoms with Crippen molar-refractivity contribution in [3.8, 4) is 34.4 Å². The van der Waals surface area contributed by atoms with Crippen molar-refractivity contribution in [2.45, 2.75) is 105 Å². The maximum absolute atomic E-state index is 13.6. The number of halogens is 5. The topological polar surface area (TPSA) is 357 Å². The third-order valence-electron chi connectivity index (χ3n) is 11.4. The Bertz CT molecular complexity index is 3200. The van der Waals surface area contributed by atoms with Gasteiger partial charge in [-0.2, -0.15) is 4.40 Å². The molecular weight excluding hydrogens is 1180 g/mol. The number of amidine groups is 1. The number of aliphatic imine (C=N–C) groups is 1. The second kappa shape index (κ2) is 28.9. The molecule has 31 heteroatoms. The van der Waals surface area contributed by atoms with Crippen molar-refractivity contribution in [1.82, 2.24) is 40.1 Å². The van der Waals surface area contributed by atoms with Crippen LogP contribution in [0.25, 0.3) is 34.4 Å². The Labute approximate surface area is 451 Å². The zero-order valence-corrected chi connectivity index (χ0v) is 44.4. The van der Waals surface area contributed by atoms with Gasteiger partial charge in [-0.3, -0.25) is 14.0 Å². The van der Waals surface area contributed by atoms with E-state index in [4.69, 9.17) is 46.2 Å². The van der Waals surface area contributed by atoms with Crippen molar-refractivity contribution in [3.05, 3.63) is 83.8 Å². The molecule has 4 aromatic heterocycles. The highest BCUT2D eigenvalue weighted by molar-refractivity contribution is 9.10. The predicted molar refractivity (Wildman–Crippen MR) is 284 cm³/mol. The van der Waals surface area contributed by atoms with Gasteiger partial charge in [0.05, 0.1) is 31.8 Å². The van der Waals surface area contributed by atoms with Crippen LogP contribution in [0.3, 0.4) is 0 Å². The molecule has 0 radical (unpaired) electrons. The molecule has 0 spiro atoms. The lowest BCUT2D eigenvalue weighted by atomic mass is 9.91. The summed E-state index contributed by atoms with van der Waals surface area (Å²) < 4.78 is 98.5. The summed E-state index contributed by atoms with van der Waals surface area (Å²) >= 11 is 6.16. The van der Waals surface area contributed by atoms with E-state index < -0.39 is 42.2 Å². The third kappa shape index (κ3) is 18.4. The smallest absolute Gasteiger partial charge is 0.386 e. The third-order valence-corrected chi connectivity index (χ3v) is 15.2. The predicted octanol–water partition coefficient (Wildman–Crippen LogP) is 7.63. The molecule has 2 aromatic carbocycles. The fourth-order valence-electron chi connectivity index (χ4n) is 7.97. The molecule has 0 unspecified atom stereocenters. The van der Waals surface area contributed by atoms with E-state index in [0.29, 0.717) is 49.7 Å². The van der Waals surface area contributed by atoms with Crippen molar-refractivity contribution in [1.29, 1.82) is 0 Å². The second-order valence-corrected chi connectivity index (χ2v) is 23.1. The van der Waals surface area contributed by atoms with Gasteiger partial charge in [-0.05, 0) is 141 Å². The lowest BCUT2D eigenvalue weighted by Crippen LogP contribution is -2.23. The number of anilines is 1. The molecule has 7 N–H and O–H groups in total. The van der Waals surface area contributed by atoms with E-state index in [1.54, 1.807) is 0 Å². The number of hydrogen-bond donors (Lipinski definition) is 4. The van der Waals surface area contributed by atoms with Crippen LogP contribution >= 0.6 is 42.5 Å². The number of benzene rings is 2. The monoisotopic (exact) mass is 1240 g/mol. The quantitative estimate of drug-likeness (QED) is 0.0278. The number of rotatable bonds is 18. The molecule has 24 nitrogen and oxygen atoms in total. The SMILES string of the molecule is C.C.NC(CCCNc1nonc1-c1noc(=O)n1-c1ccc(F)c(Br)c1)=NS(=O)(=O)CC1CCCCC1.NC(N)=NCCCc1nonc1-c1noc(=O)n1-c1ccc(F)c(Br)c1.O=S(=O)(Cl)CC1CCCCC1. The molecule has 8 rings (SSSR count). The molecule has 2 aliphatic carbocycles. The normalized spacial score (nSPS) is 14.3. The molecule has 4 heterocycles. The largest absolute Gasteiger partial charge is 0.446 e. The minimum Gasteiger partial charge on any atom is -0.386 e. The maximum Gasteiger partial charge on any atom is 0.446 e. The molecule has 412 valence electrons. The highest BCUT2D eigenvalue weighted by Gasteiger charge is 2.26. The first-order valence-corrected chi connectivity index (χ1v) is 28.5. The maximum atomic E-state index is 13.6. The van der Waals surface area contributed by atoms with Gasteiger partial charge in [0, 0.05) is 30.2 Å². The summed E-state index contributed by atoms with van der Waals surface area (Å²) in [5.41, 5.74) is 17.8. The molecule has 75 heavy (non-hydrogen) atoms. The van der Waals surface area contributed by atoms with E-state index in [1.807, 2.05) is 0 Å². The number of nitrogens with two attached hydrogens (primary N) is 3. The van der Waals surface area contributed by atoms with E-state index in [9.17, 15) is 35.2 Å². The minimum absolute atomic E-state index is 0. The van der Waals surface area contributed by atoms with Crippen molar-refractivity contribution < 1.29 is 43.9 Å². The highest BCUT2D eigenvalue weighted by atomic mass is 79.9. The fraction of sp³-hybridized carbons (Fsp3) is 0.500. The van der Waals surface area contributed by atoms with Crippen molar-refractivity contribution in [2.75, 3.05) is 29.9 Å². The summed E-state index contributed by atoms with van der Waals surface area (Å²) in [6.07, 6.45) is 12.4. The Morgan fingerprint density at radius 1 is 0.720 bits per heavy atom. The van der Waals surface area contributed by atoms with Gasteiger partial charge in [0.2, 0.25) is 26.5 Å². The Hall–Kier alpha value is -5.85. The molecule has 2 fully saturated rings. The highest BCUT2D eigenvalue weighted by Crippen LogP contribution is 2.29. The Kier molecular flexibility index (Phi) is 23.8. The van der Waals surface area contributed by atoms with Crippen molar-refractivity contribution in [3.63, 3.8) is 0 Å². The number of sulfonamides is 1. The summed E-state index contributed by atoms with van der Waals surface area (Å²) in [5, 5.41) is 25.7. The first kappa shape index (κ1) is 61.7. The van der Waals surface area contributed by atoms with Crippen LogP contribution in [-0.4, -0.2) is 93.3 Å². The van der Waals surface area contributed by atoms with Crippen LogP contribution in [-0.2, 0) is 25.5 Å². The van der Waals surface area contributed by atoms with Gasteiger partial charge >= 0.3 is 11.5 Å². The number of nitrogens with zero attached hydrogens (tertiary/aromatic N) is 10. The van der Waals surface area contributed by atoms with Gasteiger partial charge in [0.1, 0.15) is 23.2 Å². The van der Waals surface area contributed by atoms with Gasteiger partial charge in [0.15, 0.2) is 17.3 Å². The first-order chi connectivity index (χ1) is 34.8. The average Bonchev–Trinajstić information content (AvgIpc) is 4.16. The van der Waals surface area contributed by atoms with Gasteiger partial charge in [0.25, 0.3) is 10.0 Å². The number of aryl methyl sites for hydroxylation is 1. The number of nitrogens with one attached hydrogen (secondary N) is 1. The van der Waals surface area contributed by atoms with Crippen LogP contribution in [0.15, 0.2) is 82.6 Å². The Morgan fingerprint density at radius 2 is 1.23 bits per heavy atom. The standard InChI is InChI=1S/C21H25BrFN7O5S.C14H13BrFN7O3.C7H13ClO2S.2CH4/c22-15-11-14(8-9-16(15)23)30-20(28-34-21(30)31)18-19(27-35-26-18)25-10-4-7-17(24)29-36(32,33)12-13-5-2-1-3-6-13;15-8-6-7(3-4-9(8)16)23-12(22-25-14(23)24)11-10(20-26-21-11)2-1-5-19-13(17)18;8-11(9,10)6-7-4-2-1-3-5-7;;/h8-9,11,13H,1-7,10,12H2,(H2,24,29)(H,25,27);3-4,6H,1-2,5H2,(H4,17,18,19);7H,1-6H2;2*1H4. The van der Waals surface area contributed by atoms with Gasteiger partial charge in [-0.25, -0.2) is 53.6 Å². The molecule has 0 bridgehead atoms. The first-order valence-electron chi connectivity index (χ1n) is 22.8. The van der Waals surface area contributed by atoms with Gasteiger partial charge < -0.3 is 22.5 Å². The van der Waals surface area contributed by atoms with Gasteiger partial charge in [-0.1, -0.05) is 68.8 Å². The molecule has 0 amide bonds. The Balaban J connectivity index is 0.000000272. The summed E-state index contributed by atoms with van der Waals surface area (Å²) in [6.45, 7) is 0.718. The fourth-order valence-corrected chi connectivity index (χ4v) is 11.6. The summed E-state index contributed by atoms with van der Waals surface area (Å²) in [6, 6.07) is 8.00. The Morgan fingerprint density at radius 3 is 1.75 bits per heavy atom. The van der Waals surface area contributed by atoms with E-state index in [0.717, 1.165) is 66.9 Å². The zero-order valence-electron chi connectivity index (χ0n) is 38.8. The zero-order chi connectivity index (χ0) is 52.7. The van der Waals surface area contributed by atoms with Crippen molar-refractivity contribution >= 4 is 79.2 Å². The minimum atomic E-state index is -3.61. The molecule has 0 saturated heterocycles. The molecule has 2 saturated carbocycles. The molecule has 0 aliphatic heterocycles. The van der Waals surface area contributed by atoms with Crippen molar-refractivity contribution in [2.24, 2.45) is 38.4 Å². The van der Waals surface area contributed by atoms with E-state index in [-0.39, 0.29) is 94.0 Å². The van der Waals surface area contributed by atoms with Crippen LogP contribution in [0.2, 0.25) is 0 Å². The number of aromatic nitrogens is 8. The van der Waals surface area contributed by atoms with Crippen LogP contribution in [0.5, 0.6) is 0 Å². The average molecular weight is 1240 g/mol.